The number of benzene rings is 1. The van der Waals surface area contributed by atoms with Crippen LogP contribution in [0.25, 0.3) is 0 Å². The van der Waals surface area contributed by atoms with Crippen LogP contribution < -0.4 is 5.32 Å². The van der Waals surface area contributed by atoms with Gasteiger partial charge < -0.3 is 15.0 Å². The molecular formula is C18H27FN2O3. The van der Waals surface area contributed by atoms with Crippen molar-refractivity contribution in [3.63, 3.8) is 0 Å². The molecule has 24 heavy (non-hydrogen) atoms. The Hall–Kier alpha value is -1.95. The summed E-state index contributed by atoms with van der Waals surface area (Å²) >= 11 is 0. The Bertz CT molecular complexity index is 520. The van der Waals surface area contributed by atoms with Crippen LogP contribution in [0.1, 0.15) is 39.2 Å². The molecule has 0 heterocycles. The van der Waals surface area contributed by atoms with Crippen LogP contribution in [0.5, 0.6) is 0 Å². The van der Waals surface area contributed by atoms with Crippen LogP contribution in [0.3, 0.4) is 0 Å². The van der Waals surface area contributed by atoms with Crippen molar-refractivity contribution in [2.75, 3.05) is 19.8 Å². The van der Waals surface area contributed by atoms with Gasteiger partial charge in [-0.1, -0.05) is 19.1 Å². The van der Waals surface area contributed by atoms with E-state index in [4.69, 9.17) is 4.74 Å². The average molecular weight is 338 g/mol. The molecule has 0 saturated carbocycles. The summed E-state index contributed by atoms with van der Waals surface area (Å²) in [5.74, 6) is -0.640. The van der Waals surface area contributed by atoms with E-state index in [-0.39, 0.29) is 24.2 Å². The molecule has 1 aromatic carbocycles. The highest BCUT2D eigenvalue weighted by molar-refractivity contribution is 5.87. The van der Waals surface area contributed by atoms with Crippen molar-refractivity contribution in [3.8, 4) is 0 Å². The summed E-state index contributed by atoms with van der Waals surface area (Å²) in [6.07, 6.45) is 1.04. The van der Waals surface area contributed by atoms with Crippen LogP contribution in [-0.4, -0.2) is 42.5 Å². The Morgan fingerprint density at radius 2 is 1.92 bits per heavy atom. The molecule has 6 heteroatoms. The first-order valence-electron chi connectivity index (χ1n) is 8.38. The van der Waals surface area contributed by atoms with Crippen LogP contribution in [0.4, 0.5) is 4.39 Å². The predicted molar refractivity (Wildman–Crippen MR) is 90.8 cm³/mol. The Kier molecular flexibility index (Phi) is 9.01. The molecule has 0 fully saturated rings. The first kappa shape index (κ1) is 20.1. The van der Waals surface area contributed by atoms with Crippen LogP contribution in [0.2, 0.25) is 0 Å². The number of carbonyl (C=O) groups excluding carboxylic acids is 2. The molecule has 0 aliphatic carbocycles. The molecule has 134 valence electrons. The summed E-state index contributed by atoms with van der Waals surface area (Å²) in [6.45, 7) is 7.42. The van der Waals surface area contributed by atoms with Crippen LogP contribution >= 0.6 is 0 Å². The van der Waals surface area contributed by atoms with E-state index in [9.17, 15) is 14.0 Å². The van der Waals surface area contributed by atoms with Gasteiger partial charge in [0.05, 0.1) is 0 Å². The normalized spacial score (nSPS) is 11.8. The van der Waals surface area contributed by atoms with Gasteiger partial charge in [-0.2, -0.15) is 0 Å². The summed E-state index contributed by atoms with van der Waals surface area (Å²) in [6, 6.07) is 5.36. The van der Waals surface area contributed by atoms with Crippen molar-refractivity contribution in [2.24, 2.45) is 0 Å². The van der Waals surface area contributed by atoms with E-state index in [0.717, 1.165) is 12.0 Å². The second-order valence-corrected chi connectivity index (χ2v) is 5.52. The minimum absolute atomic E-state index is 0.115. The second-order valence-electron chi connectivity index (χ2n) is 5.52. The zero-order valence-electron chi connectivity index (χ0n) is 14.7. The SMILES string of the molecule is CCOCCCNC(=O)C(C)N(Cc1ccc(F)cc1)C(=O)CC. The lowest BCUT2D eigenvalue weighted by atomic mass is 10.1. The third-order valence-corrected chi connectivity index (χ3v) is 3.70. The highest BCUT2D eigenvalue weighted by atomic mass is 19.1. The number of rotatable bonds is 10. The van der Waals surface area contributed by atoms with Crippen molar-refractivity contribution in [3.05, 3.63) is 35.6 Å². The van der Waals surface area contributed by atoms with E-state index < -0.39 is 6.04 Å². The third kappa shape index (κ3) is 6.66. The lowest BCUT2D eigenvalue weighted by molar-refractivity contribution is -0.140. The Morgan fingerprint density at radius 1 is 1.25 bits per heavy atom. The van der Waals surface area contributed by atoms with Gasteiger partial charge in [0.25, 0.3) is 0 Å². The van der Waals surface area contributed by atoms with Crippen LogP contribution in [0, 0.1) is 5.82 Å². The molecule has 0 spiro atoms. The largest absolute Gasteiger partial charge is 0.382 e. The fourth-order valence-corrected chi connectivity index (χ4v) is 2.25. The van der Waals surface area contributed by atoms with Crippen molar-refractivity contribution in [2.45, 2.75) is 46.2 Å². The van der Waals surface area contributed by atoms with Gasteiger partial charge in [-0.25, -0.2) is 4.39 Å². The number of amides is 2. The average Bonchev–Trinajstić information content (AvgIpc) is 2.59. The van der Waals surface area contributed by atoms with Gasteiger partial charge in [0.2, 0.25) is 11.8 Å². The van der Waals surface area contributed by atoms with Crippen LogP contribution in [0.15, 0.2) is 24.3 Å². The van der Waals surface area contributed by atoms with Gasteiger partial charge in [0.1, 0.15) is 11.9 Å². The molecule has 5 nitrogen and oxygen atoms in total. The fraction of sp³-hybridized carbons (Fsp3) is 0.556. The summed E-state index contributed by atoms with van der Waals surface area (Å²) < 4.78 is 18.2. The monoisotopic (exact) mass is 338 g/mol. The van der Waals surface area contributed by atoms with Crippen molar-refractivity contribution in [1.82, 2.24) is 10.2 Å². The highest BCUT2D eigenvalue weighted by Crippen LogP contribution is 2.11. The molecule has 0 aromatic heterocycles. The number of hydrogen-bond donors (Lipinski definition) is 1. The number of hydrogen-bond acceptors (Lipinski definition) is 3. The van der Waals surface area contributed by atoms with Gasteiger partial charge in [-0.3, -0.25) is 9.59 Å². The number of halogens is 1. The maximum absolute atomic E-state index is 13.0. The first-order valence-corrected chi connectivity index (χ1v) is 8.38. The zero-order valence-corrected chi connectivity index (χ0v) is 14.7. The van der Waals surface area contributed by atoms with E-state index in [1.807, 2.05) is 6.92 Å². The quantitative estimate of drug-likeness (QED) is 0.667. The molecule has 0 bridgehead atoms. The molecule has 1 N–H and O–H groups in total. The van der Waals surface area contributed by atoms with E-state index in [2.05, 4.69) is 5.32 Å². The molecule has 1 unspecified atom stereocenters. The molecular weight excluding hydrogens is 311 g/mol. The van der Waals surface area contributed by atoms with Crippen molar-refractivity contribution < 1.29 is 18.7 Å². The molecule has 0 aliphatic heterocycles. The van der Waals surface area contributed by atoms with Gasteiger partial charge in [0, 0.05) is 32.7 Å². The minimum Gasteiger partial charge on any atom is -0.382 e. The first-order chi connectivity index (χ1) is 11.5. The Labute approximate surface area is 143 Å². The summed E-state index contributed by atoms with van der Waals surface area (Å²) in [4.78, 5) is 26.0. The van der Waals surface area contributed by atoms with Gasteiger partial charge >= 0.3 is 0 Å². The lowest BCUT2D eigenvalue weighted by Crippen LogP contribution is -2.47. The minimum atomic E-state index is -0.588. The number of carbonyl (C=O) groups is 2. The maximum atomic E-state index is 13.0. The summed E-state index contributed by atoms with van der Waals surface area (Å²) in [5.41, 5.74) is 0.786. The van der Waals surface area contributed by atoms with E-state index in [1.165, 1.54) is 17.0 Å². The second kappa shape index (κ2) is 10.8. The molecule has 0 saturated heterocycles. The topological polar surface area (TPSA) is 58.6 Å². The molecule has 1 atom stereocenters. The summed E-state index contributed by atoms with van der Waals surface area (Å²) in [7, 11) is 0. The van der Waals surface area contributed by atoms with E-state index >= 15 is 0 Å². The van der Waals surface area contributed by atoms with Gasteiger partial charge in [-0.15, -0.1) is 0 Å². The van der Waals surface area contributed by atoms with Crippen molar-refractivity contribution >= 4 is 11.8 Å². The Morgan fingerprint density at radius 3 is 2.50 bits per heavy atom. The smallest absolute Gasteiger partial charge is 0.242 e. The van der Waals surface area contributed by atoms with Gasteiger partial charge in [0.15, 0.2) is 0 Å². The molecule has 0 radical (unpaired) electrons. The third-order valence-electron chi connectivity index (χ3n) is 3.70. The zero-order chi connectivity index (χ0) is 17.9. The lowest BCUT2D eigenvalue weighted by Gasteiger charge is -2.28. The fourth-order valence-electron chi connectivity index (χ4n) is 2.25. The predicted octanol–water partition coefficient (Wildman–Crippen LogP) is 2.50. The molecule has 2 amide bonds. The highest BCUT2D eigenvalue weighted by Gasteiger charge is 2.24. The number of ether oxygens (including phenoxy) is 1. The molecule has 0 aliphatic rings. The van der Waals surface area contributed by atoms with E-state index in [0.29, 0.717) is 26.2 Å². The van der Waals surface area contributed by atoms with Crippen LogP contribution in [-0.2, 0) is 20.9 Å². The molecule has 1 rings (SSSR count). The van der Waals surface area contributed by atoms with Crippen molar-refractivity contribution in [1.29, 1.82) is 0 Å². The summed E-state index contributed by atoms with van der Waals surface area (Å²) in [5, 5.41) is 2.82. The Balaban J connectivity index is 2.63. The van der Waals surface area contributed by atoms with E-state index in [1.54, 1.807) is 26.0 Å². The standard InChI is InChI=1S/C18H27FN2O3/c1-4-17(22)21(13-15-7-9-16(19)10-8-15)14(3)18(23)20-11-6-12-24-5-2/h7-10,14H,4-6,11-13H2,1-3H3,(H,20,23). The van der Waals surface area contributed by atoms with Gasteiger partial charge in [-0.05, 0) is 38.0 Å². The number of nitrogens with one attached hydrogen (secondary N) is 1. The molecule has 1 aromatic rings. The maximum Gasteiger partial charge on any atom is 0.242 e. The number of nitrogens with zero attached hydrogens (tertiary/aromatic N) is 1.